The van der Waals surface area contributed by atoms with Crippen LogP contribution in [0.1, 0.15) is 5.56 Å². The average molecular weight is 476 g/mol. The van der Waals surface area contributed by atoms with Gasteiger partial charge in [0.2, 0.25) is 10.0 Å². The van der Waals surface area contributed by atoms with Gasteiger partial charge in [-0.2, -0.15) is 5.10 Å². The number of nitrogens with zero attached hydrogens (tertiary/aromatic N) is 3. The second-order valence-corrected chi connectivity index (χ2v) is 9.38. The molecule has 0 unspecified atom stereocenters. The van der Waals surface area contributed by atoms with E-state index in [0.29, 0.717) is 23.1 Å². The number of hydrogen-bond acceptors (Lipinski definition) is 6. The van der Waals surface area contributed by atoms with Gasteiger partial charge in [0.1, 0.15) is 22.5 Å². The van der Waals surface area contributed by atoms with Crippen LogP contribution in [0.25, 0.3) is 27.5 Å². The zero-order chi connectivity index (χ0) is 24.0. The molecule has 3 aromatic carbocycles. The fourth-order valence-corrected chi connectivity index (χ4v) is 4.54. The summed E-state index contributed by atoms with van der Waals surface area (Å²) in [7, 11) is -2.23. The number of primary sulfonamides is 1. The van der Waals surface area contributed by atoms with Gasteiger partial charge in [-0.15, -0.1) is 0 Å². The number of anilines is 1. The van der Waals surface area contributed by atoms with Gasteiger partial charge in [0.15, 0.2) is 0 Å². The third-order valence-corrected chi connectivity index (χ3v) is 6.67. The summed E-state index contributed by atoms with van der Waals surface area (Å²) in [5.41, 5.74) is 8.78. The molecule has 0 aliphatic heterocycles. The lowest BCUT2D eigenvalue weighted by Crippen LogP contribution is -2.22. The van der Waals surface area contributed by atoms with E-state index in [1.165, 1.54) is 16.8 Å². The van der Waals surface area contributed by atoms with Crippen LogP contribution in [0.15, 0.2) is 82.5 Å². The van der Waals surface area contributed by atoms with Gasteiger partial charge in [0, 0.05) is 5.39 Å². The number of pyridine rings is 1. The third-order valence-electron chi connectivity index (χ3n) is 5.74. The predicted octanol–water partition coefficient (Wildman–Crippen LogP) is 2.63. The number of aromatic nitrogens is 3. The van der Waals surface area contributed by atoms with Crippen molar-refractivity contribution in [1.82, 2.24) is 14.3 Å². The maximum Gasteiger partial charge on any atom is 0.264 e. The van der Waals surface area contributed by atoms with Crippen LogP contribution in [0.5, 0.6) is 5.75 Å². The van der Waals surface area contributed by atoms with E-state index in [2.05, 4.69) is 5.10 Å². The first-order valence-electron chi connectivity index (χ1n) is 10.3. The number of methoxy groups -OCH3 is 1. The van der Waals surface area contributed by atoms with E-state index >= 15 is 0 Å². The van der Waals surface area contributed by atoms with Crippen molar-refractivity contribution >= 4 is 37.6 Å². The third kappa shape index (κ3) is 3.58. The summed E-state index contributed by atoms with van der Waals surface area (Å²) in [6.45, 7) is 0.340. The first-order valence-corrected chi connectivity index (χ1v) is 11.9. The highest BCUT2D eigenvalue weighted by atomic mass is 32.2. The number of rotatable bonds is 5. The number of benzene rings is 3. The Balaban J connectivity index is 1.71. The van der Waals surface area contributed by atoms with Crippen LogP contribution in [-0.4, -0.2) is 29.9 Å². The highest BCUT2D eigenvalue weighted by Crippen LogP contribution is 2.28. The number of ether oxygens (including phenoxy) is 1. The van der Waals surface area contributed by atoms with Gasteiger partial charge >= 0.3 is 0 Å². The summed E-state index contributed by atoms with van der Waals surface area (Å²) in [5.74, 6) is 0.896. The Morgan fingerprint density at radius 1 is 0.971 bits per heavy atom. The molecular weight excluding hydrogens is 454 g/mol. The number of nitrogen functional groups attached to an aromatic ring is 1. The van der Waals surface area contributed by atoms with E-state index in [-0.39, 0.29) is 16.3 Å². The van der Waals surface area contributed by atoms with Crippen molar-refractivity contribution in [2.75, 3.05) is 12.8 Å². The molecule has 0 aliphatic carbocycles. The highest BCUT2D eigenvalue weighted by molar-refractivity contribution is 7.89. The van der Waals surface area contributed by atoms with Crippen molar-refractivity contribution in [2.45, 2.75) is 11.4 Å². The van der Waals surface area contributed by atoms with Gasteiger partial charge in [-0.25, -0.2) is 18.2 Å². The molecule has 2 heterocycles. The highest BCUT2D eigenvalue weighted by Gasteiger charge is 2.20. The molecule has 0 spiro atoms. The Labute approximate surface area is 194 Å². The Bertz CT molecular complexity index is 1700. The standard InChI is InChI=1S/C24H21N5O4S/c1-33-17-10-6-15(7-11-17)14-28-20-5-3-2-4-19(20)22-21(24(28)30)23(25)29(27-22)16-8-12-18(13-9-16)34(26,31)32/h2-13H,14,25H2,1H3,(H2,26,31,32). The molecule has 0 amide bonds. The topological polar surface area (TPSA) is 135 Å². The Morgan fingerprint density at radius 2 is 1.65 bits per heavy atom. The molecule has 5 rings (SSSR count). The normalized spacial score (nSPS) is 11.8. The molecule has 10 heteroatoms. The second-order valence-electron chi connectivity index (χ2n) is 7.82. The van der Waals surface area contributed by atoms with Gasteiger partial charge in [-0.05, 0) is 48.0 Å². The first kappa shape index (κ1) is 21.7. The zero-order valence-corrected chi connectivity index (χ0v) is 19.0. The van der Waals surface area contributed by atoms with Crippen LogP contribution in [0.4, 0.5) is 5.82 Å². The van der Waals surface area contributed by atoms with Crippen LogP contribution >= 0.6 is 0 Å². The van der Waals surface area contributed by atoms with Crippen LogP contribution in [0, 0.1) is 0 Å². The van der Waals surface area contributed by atoms with Gasteiger partial charge in [0.05, 0.1) is 29.8 Å². The summed E-state index contributed by atoms with van der Waals surface area (Å²) in [4.78, 5) is 13.6. The van der Waals surface area contributed by atoms with Crippen LogP contribution < -0.4 is 21.2 Å². The fourth-order valence-electron chi connectivity index (χ4n) is 4.03. The molecular formula is C24H21N5O4S. The molecule has 0 saturated carbocycles. The van der Waals surface area contributed by atoms with Crippen molar-refractivity contribution in [2.24, 2.45) is 5.14 Å². The number of fused-ring (bicyclic) bond motifs is 3. The maximum atomic E-state index is 13.6. The second kappa shape index (κ2) is 8.01. The Morgan fingerprint density at radius 3 is 2.29 bits per heavy atom. The van der Waals surface area contributed by atoms with Crippen molar-refractivity contribution in [3.05, 3.63) is 88.7 Å². The van der Waals surface area contributed by atoms with E-state index in [1.54, 1.807) is 23.8 Å². The summed E-state index contributed by atoms with van der Waals surface area (Å²) < 4.78 is 31.5. The van der Waals surface area contributed by atoms with Crippen LogP contribution in [-0.2, 0) is 16.6 Å². The van der Waals surface area contributed by atoms with Gasteiger partial charge < -0.3 is 15.0 Å². The molecule has 0 atom stereocenters. The summed E-state index contributed by atoms with van der Waals surface area (Å²) >= 11 is 0. The molecule has 0 aliphatic rings. The van der Waals surface area contributed by atoms with Crippen molar-refractivity contribution in [1.29, 1.82) is 0 Å². The lowest BCUT2D eigenvalue weighted by molar-refractivity contribution is 0.414. The summed E-state index contributed by atoms with van der Waals surface area (Å²) in [6, 6.07) is 20.8. The van der Waals surface area contributed by atoms with Crippen LogP contribution in [0.3, 0.4) is 0 Å². The van der Waals surface area contributed by atoms with E-state index in [4.69, 9.17) is 15.6 Å². The molecule has 4 N–H and O–H groups in total. The zero-order valence-electron chi connectivity index (χ0n) is 18.2. The van der Waals surface area contributed by atoms with E-state index in [1.807, 2.05) is 48.5 Å². The lowest BCUT2D eigenvalue weighted by atomic mass is 10.1. The first-order chi connectivity index (χ1) is 16.3. The molecule has 5 aromatic rings. The predicted molar refractivity (Wildman–Crippen MR) is 131 cm³/mol. The van der Waals surface area contributed by atoms with E-state index in [9.17, 15) is 13.2 Å². The molecule has 0 fully saturated rings. The summed E-state index contributed by atoms with van der Waals surface area (Å²) in [6.07, 6.45) is 0. The largest absolute Gasteiger partial charge is 0.497 e. The Kier molecular flexibility index (Phi) is 5.11. The van der Waals surface area contributed by atoms with E-state index < -0.39 is 10.0 Å². The molecule has 0 bridgehead atoms. The van der Waals surface area contributed by atoms with Gasteiger partial charge in [0.25, 0.3) is 5.56 Å². The molecule has 34 heavy (non-hydrogen) atoms. The monoisotopic (exact) mass is 475 g/mol. The van der Waals surface area contributed by atoms with Crippen molar-refractivity contribution in [3.8, 4) is 11.4 Å². The minimum Gasteiger partial charge on any atom is -0.497 e. The van der Waals surface area contributed by atoms with Crippen LogP contribution in [0.2, 0.25) is 0 Å². The Hall–Kier alpha value is -4.15. The molecule has 2 aromatic heterocycles. The van der Waals surface area contributed by atoms with Crippen molar-refractivity contribution in [3.63, 3.8) is 0 Å². The minimum atomic E-state index is -3.83. The van der Waals surface area contributed by atoms with Gasteiger partial charge in [-0.1, -0.05) is 30.3 Å². The quantitative estimate of drug-likeness (QED) is 0.401. The molecule has 0 radical (unpaired) electrons. The molecule has 172 valence electrons. The van der Waals surface area contributed by atoms with E-state index in [0.717, 1.165) is 22.2 Å². The number of hydrogen-bond donors (Lipinski definition) is 2. The molecule has 9 nitrogen and oxygen atoms in total. The molecule has 0 saturated heterocycles. The van der Waals surface area contributed by atoms with Crippen molar-refractivity contribution < 1.29 is 13.2 Å². The minimum absolute atomic E-state index is 0.0289. The lowest BCUT2D eigenvalue weighted by Gasteiger charge is -2.11. The maximum absolute atomic E-state index is 13.6. The number of sulfonamides is 1. The average Bonchev–Trinajstić information content (AvgIpc) is 3.19. The summed E-state index contributed by atoms with van der Waals surface area (Å²) in [5, 5.41) is 10.9. The smallest absolute Gasteiger partial charge is 0.264 e. The number of nitrogens with two attached hydrogens (primary N) is 2. The van der Waals surface area contributed by atoms with Gasteiger partial charge in [-0.3, -0.25) is 4.79 Å². The fraction of sp³-hybridized carbons (Fsp3) is 0.0833. The SMILES string of the molecule is COc1ccc(Cn2c(=O)c3c(N)n(-c4ccc(S(N)(=O)=O)cc4)nc3c3ccccc32)cc1. The number of para-hydroxylation sites is 1.